The zero-order valence-corrected chi connectivity index (χ0v) is 18.9. The van der Waals surface area contributed by atoms with Gasteiger partial charge in [-0.1, -0.05) is 42.6 Å². The molecule has 3 aliphatic rings. The lowest BCUT2D eigenvalue weighted by molar-refractivity contribution is -0.134. The van der Waals surface area contributed by atoms with Crippen LogP contribution < -0.4 is 5.32 Å². The van der Waals surface area contributed by atoms with Gasteiger partial charge in [0.15, 0.2) is 0 Å². The average Bonchev–Trinajstić information content (AvgIpc) is 3.33. The van der Waals surface area contributed by atoms with E-state index in [9.17, 15) is 14.4 Å². The predicted octanol–water partition coefficient (Wildman–Crippen LogP) is 3.19. The summed E-state index contributed by atoms with van der Waals surface area (Å²) >= 11 is 6.34. The maximum atomic E-state index is 12.7. The molecule has 1 N–H and O–H groups in total. The van der Waals surface area contributed by atoms with E-state index in [4.69, 9.17) is 11.6 Å². The molecule has 2 heterocycles. The molecule has 0 bridgehead atoms. The normalized spacial score (nSPS) is 22.3. The molecule has 0 aromatic heterocycles. The van der Waals surface area contributed by atoms with Crippen molar-refractivity contribution in [3.8, 4) is 0 Å². The Morgan fingerprint density at radius 1 is 1.13 bits per heavy atom. The zero-order chi connectivity index (χ0) is 22.0. The maximum absolute atomic E-state index is 12.7. The maximum Gasteiger partial charge on any atom is 0.325 e. The number of carbonyl (C=O) groups excluding carboxylic acids is 3. The highest BCUT2D eigenvalue weighted by Crippen LogP contribution is 2.35. The van der Waals surface area contributed by atoms with Crippen molar-refractivity contribution in [1.29, 1.82) is 0 Å². The molecule has 2 aliphatic heterocycles. The molecule has 4 amide bonds. The van der Waals surface area contributed by atoms with Crippen LogP contribution in [0.1, 0.15) is 57.1 Å². The summed E-state index contributed by atoms with van der Waals surface area (Å²) in [7, 11) is 0. The monoisotopic (exact) mass is 446 g/mol. The second-order valence-corrected chi connectivity index (χ2v) is 9.30. The van der Waals surface area contributed by atoms with Gasteiger partial charge in [0.1, 0.15) is 5.54 Å². The second-order valence-electron chi connectivity index (χ2n) is 8.89. The van der Waals surface area contributed by atoms with Crippen LogP contribution in [0.3, 0.4) is 0 Å². The average molecular weight is 447 g/mol. The molecule has 4 rings (SSSR count). The van der Waals surface area contributed by atoms with E-state index >= 15 is 0 Å². The molecule has 0 radical (unpaired) electrons. The lowest BCUT2D eigenvalue weighted by Gasteiger charge is -2.38. The van der Waals surface area contributed by atoms with Gasteiger partial charge in [-0.25, -0.2) is 4.79 Å². The van der Waals surface area contributed by atoms with Crippen LogP contribution in [0.4, 0.5) is 4.79 Å². The van der Waals surface area contributed by atoms with Gasteiger partial charge >= 0.3 is 6.03 Å². The third kappa shape index (κ3) is 4.44. The first-order valence-corrected chi connectivity index (χ1v) is 11.7. The number of hydrogen-bond acceptors (Lipinski definition) is 4. The van der Waals surface area contributed by atoms with Gasteiger partial charge in [0.25, 0.3) is 5.91 Å². The number of amides is 4. The highest BCUT2D eigenvalue weighted by molar-refractivity contribution is 6.31. The van der Waals surface area contributed by atoms with Crippen LogP contribution in [-0.4, -0.2) is 70.8 Å². The Balaban J connectivity index is 1.22. The Morgan fingerprint density at radius 2 is 1.81 bits per heavy atom. The Labute approximate surface area is 188 Å². The Morgan fingerprint density at radius 3 is 2.48 bits per heavy atom. The molecule has 3 fully saturated rings. The molecule has 8 heteroatoms. The van der Waals surface area contributed by atoms with Crippen LogP contribution in [0.15, 0.2) is 24.3 Å². The van der Waals surface area contributed by atoms with Gasteiger partial charge in [0.05, 0.1) is 0 Å². The van der Waals surface area contributed by atoms with E-state index in [2.05, 4.69) is 23.2 Å². The molecule has 1 unspecified atom stereocenters. The largest absolute Gasteiger partial charge is 0.340 e. The molecular weight excluding hydrogens is 416 g/mol. The zero-order valence-electron chi connectivity index (χ0n) is 18.1. The summed E-state index contributed by atoms with van der Waals surface area (Å²) in [6, 6.07) is 7.79. The number of nitrogens with zero attached hydrogens (tertiary/aromatic N) is 3. The van der Waals surface area contributed by atoms with E-state index < -0.39 is 5.54 Å². The number of piperazine rings is 1. The number of halogens is 1. The number of hydrogen-bond donors (Lipinski definition) is 1. The molecular formula is C23H31ClN4O3. The molecule has 1 atom stereocenters. The minimum absolute atomic E-state index is 0.0904. The quantitative estimate of drug-likeness (QED) is 0.681. The highest BCUT2D eigenvalue weighted by Gasteiger charge is 2.52. The van der Waals surface area contributed by atoms with Crippen LogP contribution >= 0.6 is 11.6 Å². The number of urea groups is 1. The highest BCUT2D eigenvalue weighted by atomic mass is 35.5. The summed E-state index contributed by atoms with van der Waals surface area (Å²) in [5, 5.41) is 3.66. The van der Waals surface area contributed by atoms with Crippen molar-refractivity contribution in [2.45, 2.75) is 57.0 Å². The smallest absolute Gasteiger partial charge is 0.325 e. The molecule has 31 heavy (non-hydrogen) atoms. The van der Waals surface area contributed by atoms with E-state index in [1.807, 2.05) is 23.1 Å². The molecule has 7 nitrogen and oxygen atoms in total. The second kappa shape index (κ2) is 9.17. The number of rotatable bonds is 6. The van der Waals surface area contributed by atoms with E-state index in [0.717, 1.165) is 49.4 Å². The van der Waals surface area contributed by atoms with E-state index in [1.54, 1.807) is 0 Å². The lowest BCUT2D eigenvalue weighted by Crippen LogP contribution is -2.49. The van der Waals surface area contributed by atoms with Crippen LogP contribution in [0.2, 0.25) is 5.02 Å². The van der Waals surface area contributed by atoms with Gasteiger partial charge in [-0.2, -0.15) is 0 Å². The van der Waals surface area contributed by atoms with E-state index in [-0.39, 0.29) is 23.9 Å². The summed E-state index contributed by atoms with van der Waals surface area (Å²) < 4.78 is 0. The number of nitrogens with one attached hydrogen (secondary N) is 1. The molecule has 2 saturated heterocycles. The third-order valence-corrected chi connectivity index (χ3v) is 7.39. The SMILES string of the molecule is CC(c1ccccc1Cl)N1CCN(C(=O)CCCN2C(=O)NC3(CCCC3)C2=O)CC1. The van der Waals surface area contributed by atoms with Gasteiger partial charge in [-0.15, -0.1) is 0 Å². The molecule has 1 aliphatic carbocycles. The lowest BCUT2D eigenvalue weighted by atomic mass is 9.98. The fraction of sp³-hybridized carbons (Fsp3) is 0.609. The van der Waals surface area contributed by atoms with Crippen molar-refractivity contribution in [3.05, 3.63) is 34.9 Å². The number of imide groups is 1. The van der Waals surface area contributed by atoms with Gasteiger partial charge in [0, 0.05) is 50.2 Å². The first kappa shape index (κ1) is 22.1. The van der Waals surface area contributed by atoms with Crippen LogP contribution in [0.25, 0.3) is 0 Å². The van der Waals surface area contributed by atoms with Crippen molar-refractivity contribution in [1.82, 2.24) is 20.0 Å². The minimum Gasteiger partial charge on any atom is -0.340 e. The first-order valence-electron chi connectivity index (χ1n) is 11.3. The van der Waals surface area contributed by atoms with Crippen molar-refractivity contribution in [2.24, 2.45) is 0 Å². The minimum atomic E-state index is -0.671. The molecule has 1 aromatic carbocycles. The molecule has 1 saturated carbocycles. The molecule has 1 spiro atoms. The van der Waals surface area contributed by atoms with Crippen molar-refractivity contribution in [2.75, 3.05) is 32.7 Å². The van der Waals surface area contributed by atoms with Crippen LogP contribution in [0.5, 0.6) is 0 Å². The van der Waals surface area contributed by atoms with Gasteiger partial charge in [-0.3, -0.25) is 19.4 Å². The van der Waals surface area contributed by atoms with E-state index in [1.165, 1.54) is 4.90 Å². The Kier molecular flexibility index (Phi) is 6.53. The summed E-state index contributed by atoms with van der Waals surface area (Å²) in [4.78, 5) is 43.1. The summed E-state index contributed by atoms with van der Waals surface area (Å²) in [5.41, 5.74) is 0.438. The van der Waals surface area contributed by atoms with Crippen LogP contribution in [0, 0.1) is 0 Å². The first-order chi connectivity index (χ1) is 14.9. The Bertz CT molecular complexity index is 847. The molecule has 168 valence electrons. The topological polar surface area (TPSA) is 73.0 Å². The Hall–Kier alpha value is -2.12. The summed E-state index contributed by atoms with van der Waals surface area (Å²) in [5.74, 6) is -0.0164. The fourth-order valence-corrected chi connectivity index (χ4v) is 5.41. The fourth-order valence-electron chi connectivity index (χ4n) is 5.11. The van der Waals surface area contributed by atoms with Crippen LogP contribution in [-0.2, 0) is 9.59 Å². The third-order valence-electron chi connectivity index (χ3n) is 7.05. The van der Waals surface area contributed by atoms with Crippen molar-refractivity contribution < 1.29 is 14.4 Å². The standard InChI is InChI=1S/C23H31ClN4O3/c1-17(18-7-2-3-8-19(18)24)26-13-15-27(16-14-26)20(29)9-6-12-28-21(30)23(25-22(28)31)10-4-5-11-23/h2-3,7-8,17H,4-6,9-16H2,1H3,(H,25,31). The van der Waals surface area contributed by atoms with Crippen molar-refractivity contribution >= 4 is 29.4 Å². The van der Waals surface area contributed by atoms with E-state index in [0.29, 0.717) is 32.5 Å². The number of carbonyl (C=O) groups is 3. The predicted molar refractivity (Wildman–Crippen MR) is 119 cm³/mol. The van der Waals surface area contributed by atoms with Gasteiger partial charge in [0.2, 0.25) is 5.91 Å². The van der Waals surface area contributed by atoms with Crippen molar-refractivity contribution in [3.63, 3.8) is 0 Å². The molecule has 1 aromatic rings. The number of benzene rings is 1. The summed E-state index contributed by atoms with van der Waals surface area (Å²) in [6.07, 6.45) is 4.25. The van der Waals surface area contributed by atoms with Gasteiger partial charge in [-0.05, 0) is 37.8 Å². The van der Waals surface area contributed by atoms with Gasteiger partial charge < -0.3 is 10.2 Å². The summed E-state index contributed by atoms with van der Waals surface area (Å²) in [6.45, 7) is 5.41.